The average Bonchev–Trinajstić information content (AvgIpc) is 2.04. The highest BCUT2D eigenvalue weighted by Gasteiger charge is 1.97. The van der Waals surface area contributed by atoms with Gasteiger partial charge >= 0.3 is 0 Å². The third-order valence-electron chi connectivity index (χ3n) is 1.26. The Morgan fingerprint density at radius 1 is 1.70 bits per heavy atom. The smallest absolute Gasteiger partial charge is 0.141 e. The molecule has 0 atom stereocenters. The molecule has 3 nitrogen and oxygen atoms in total. The van der Waals surface area contributed by atoms with Gasteiger partial charge in [0.15, 0.2) is 0 Å². The first-order valence-electron chi connectivity index (χ1n) is 3.06. The molecule has 3 heteroatoms. The highest BCUT2D eigenvalue weighted by atomic mass is 16.5. The van der Waals surface area contributed by atoms with Crippen molar-refractivity contribution in [3.05, 3.63) is 24.0 Å². The lowest BCUT2D eigenvalue weighted by molar-refractivity contribution is 0.407. The van der Waals surface area contributed by atoms with Crippen LogP contribution in [0.15, 0.2) is 18.3 Å². The minimum atomic E-state index is 0.421. The van der Waals surface area contributed by atoms with Crippen molar-refractivity contribution in [2.45, 2.75) is 6.54 Å². The normalized spacial score (nSPS) is 9.40. The summed E-state index contributed by atoms with van der Waals surface area (Å²) in [5.41, 5.74) is 6.18. The van der Waals surface area contributed by atoms with Crippen LogP contribution in [0.4, 0.5) is 0 Å². The lowest BCUT2D eigenvalue weighted by Crippen LogP contribution is -2.01. The predicted octanol–water partition coefficient (Wildman–Crippen LogP) is 0.549. The quantitative estimate of drug-likeness (QED) is 0.649. The number of nitrogens with two attached hydrogens (primary N) is 1. The summed E-state index contributed by atoms with van der Waals surface area (Å²) >= 11 is 0. The van der Waals surface area contributed by atoms with Gasteiger partial charge < -0.3 is 10.5 Å². The van der Waals surface area contributed by atoms with E-state index >= 15 is 0 Å². The summed E-state index contributed by atoms with van der Waals surface area (Å²) in [5.74, 6) is 0.755. The number of nitrogens with zero attached hydrogens (tertiary/aromatic N) is 1. The number of ether oxygens (including phenoxy) is 1. The van der Waals surface area contributed by atoms with Crippen LogP contribution < -0.4 is 10.5 Å². The first-order valence-corrected chi connectivity index (χ1v) is 3.06. The summed E-state index contributed by atoms with van der Waals surface area (Å²) in [7, 11) is 1.61. The van der Waals surface area contributed by atoms with Crippen molar-refractivity contribution in [3.8, 4) is 5.75 Å². The summed E-state index contributed by atoms with van der Waals surface area (Å²) in [6.45, 7) is 0.421. The Balaban J connectivity index is 2.96. The lowest BCUT2D eigenvalue weighted by atomic mass is 10.3. The Bertz CT molecular complexity index is 190. The minimum Gasteiger partial charge on any atom is -0.495 e. The maximum atomic E-state index is 5.38. The van der Waals surface area contributed by atoms with Gasteiger partial charge in [0.2, 0.25) is 0 Å². The third kappa shape index (κ3) is 1.25. The van der Waals surface area contributed by atoms with E-state index in [1.807, 2.05) is 12.1 Å². The molecule has 0 radical (unpaired) electrons. The van der Waals surface area contributed by atoms with Gasteiger partial charge in [-0.2, -0.15) is 0 Å². The van der Waals surface area contributed by atoms with Crippen molar-refractivity contribution in [3.63, 3.8) is 0 Å². The molecule has 0 saturated heterocycles. The van der Waals surface area contributed by atoms with E-state index in [-0.39, 0.29) is 0 Å². The van der Waals surface area contributed by atoms with E-state index in [4.69, 9.17) is 10.5 Å². The number of rotatable bonds is 2. The third-order valence-corrected chi connectivity index (χ3v) is 1.26. The van der Waals surface area contributed by atoms with Crippen LogP contribution in [0.1, 0.15) is 5.69 Å². The molecule has 1 aromatic rings. The van der Waals surface area contributed by atoms with Crippen LogP contribution in [0.25, 0.3) is 0 Å². The number of hydrogen-bond acceptors (Lipinski definition) is 3. The topological polar surface area (TPSA) is 48.1 Å². The van der Waals surface area contributed by atoms with E-state index < -0.39 is 0 Å². The van der Waals surface area contributed by atoms with Gasteiger partial charge in [-0.25, -0.2) is 0 Å². The molecule has 0 amide bonds. The van der Waals surface area contributed by atoms with Crippen LogP contribution in [0.3, 0.4) is 0 Å². The number of hydrogen-bond donors (Lipinski definition) is 1. The van der Waals surface area contributed by atoms with Crippen molar-refractivity contribution >= 4 is 0 Å². The van der Waals surface area contributed by atoms with Crippen molar-refractivity contribution in [2.75, 3.05) is 7.11 Å². The molecule has 0 saturated carbocycles. The molecule has 0 bridgehead atoms. The molecule has 0 aliphatic rings. The van der Waals surface area contributed by atoms with Crippen LogP contribution in [-0.2, 0) is 6.54 Å². The molecule has 2 N–H and O–H groups in total. The van der Waals surface area contributed by atoms with Crippen LogP contribution >= 0.6 is 0 Å². The predicted molar refractivity (Wildman–Crippen MR) is 38.7 cm³/mol. The van der Waals surface area contributed by atoms with Gasteiger partial charge in [-0.1, -0.05) is 0 Å². The second kappa shape index (κ2) is 3.17. The van der Waals surface area contributed by atoms with Gasteiger partial charge in [0.1, 0.15) is 5.75 Å². The Morgan fingerprint density at radius 2 is 2.50 bits per heavy atom. The van der Waals surface area contributed by atoms with Gasteiger partial charge in [0.25, 0.3) is 0 Å². The molecular weight excluding hydrogens is 128 g/mol. The summed E-state index contributed by atoms with van der Waals surface area (Å²) in [6, 6.07) is 3.66. The van der Waals surface area contributed by atoms with E-state index in [9.17, 15) is 0 Å². The zero-order valence-corrected chi connectivity index (χ0v) is 5.87. The number of aromatic nitrogens is 1. The van der Waals surface area contributed by atoms with Crippen LogP contribution in [0.5, 0.6) is 5.75 Å². The monoisotopic (exact) mass is 138 g/mol. The summed E-state index contributed by atoms with van der Waals surface area (Å²) in [4.78, 5) is 4.02. The van der Waals surface area contributed by atoms with E-state index in [0.29, 0.717) is 6.54 Å². The van der Waals surface area contributed by atoms with Gasteiger partial charge in [0.05, 0.1) is 12.8 Å². The van der Waals surface area contributed by atoms with Crippen molar-refractivity contribution in [1.82, 2.24) is 4.98 Å². The Labute approximate surface area is 59.8 Å². The molecule has 1 rings (SSSR count). The molecule has 0 aliphatic heterocycles. The zero-order chi connectivity index (χ0) is 7.40. The van der Waals surface area contributed by atoms with Gasteiger partial charge in [0, 0.05) is 12.7 Å². The standard InChI is InChI=1S/C7H10N2O/c1-10-7-3-2-4-9-6(7)5-8/h2-4H,5,8H2,1H3. The molecule has 1 aromatic heterocycles. The SMILES string of the molecule is COc1cccnc1CN. The fourth-order valence-electron chi connectivity index (χ4n) is 0.762. The van der Waals surface area contributed by atoms with Crippen molar-refractivity contribution in [1.29, 1.82) is 0 Å². The van der Waals surface area contributed by atoms with E-state index in [1.165, 1.54) is 0 Å². The minimum absolute atomic E-state index is 0.421. The molecular formula is C7H10N2O. The van der Waals surface area contributed by atoms with Crippen molar-refractivity contribution in [2.24, 2.45) is 5.73 Å². The summed E-state index contributed by atoms with van der Waals surface area (Å²) in [6.07, 6.45) is 1.70. The second-order valence-electron chi connectivity index (χ2n) is 1.86. The Kier molecular flexibility index (Phi) is 2.23. The van der Waals surface area contributed by atoms with Gasteiger partial charge in [-0.3, -0.25) is 4.98 Å². The Hall–Kier alpha value is -1.09. The first-order chi connectivity index (χ1) is 4.88. The highest BCUT2D eigenvalue weighted by Crippen LogP contribution is 2.12. The molecule has 1 heterocycles. The largest absolute Gasteiger partial charge is 0.495 e. The maximum Gasteiger partial charge on any atom is 0.141 e. The molecule has 54 valence electrons. The number of pyridine rings is 1. The summed E-state index contributed by atoms with van der Waals surface area (Å²) in [5, 5.41) is 0. The second-order valence-corrected chi connectivity index (χ2v) is 1.86. The van der Waals surface area contributed by atoms with E-state index in [2.05, 4.69) is 4.98 Å². The van der Waals surface area contributed by atoms with Gasteiger partial charge in [-0.05, 0) is 12.1 Å². The molecule has 0 spiro atoms. The zero-order valence-electron chi connectivity index (χ0n) is 5.87. The average molecular weight is 138 g/mol. The molecule has 0 fully saturated rings. The Morgan fingerprint density at radius 3 is 3.00 bits per heavy atom. The van der Waals surface area contributed by atoms with E-state index in [1.54, 1.807) is 13.3 Å². The fraction of sp³-hybridized carbons (Fsp3) is 0.286. The maximum absolute atomic E-state index is 5.38. The summed E-state index contributed by atoms with van der Waals surface area (Å²) < 4.78 is 4.99. The van der Waals surface area contributed by atoms with Gasteiger partial charge in [-0.15, -0.1) is 0 Å². The fourth-order valence-corrected chi connectivity index (χ4v) is 0.762. The molecule has 0 aliphatic carbocycles. The molecule has 0 unspecified atom stereocenters. The van der Waals surface area contributed by atoms with Crippen LogP contribution in [-0.4, -0.2) is 12.1 Å². The van der Waals surface area contributed by atoms with Crippen LogP contribution in [0, 0.1) is 0 Å². The molecule has 0 aromatic carbocycles. The number of methoxy groups -OCH3 is 1. The molecule has 10 heavy (non-hydrogen) atoms. The first kappa shape index (κ1) is 7.02. The highest BCUT2D eigenvalue weighted by molar-refractivity contribution is 5.26. The van der Waals surface area contributed by atoms with Crippen LogP contribution in [0.2, 0.25) is 0 Å². The van der Waals surface area contributed by atoms with E-state index in [0.717, 1.165) is 11.4 Å². The van der Waals surface area contributed by atoms with Crippen molar-refractivity contribution < 1.29 is 4.74 Å². The lowest BCUT2D eigenvalue weighted by Gasteiger charge is -2.02.